The SMILES string of the molecule is COc1cc(OC)c(OC)cc1/C=C1\Oc2cc(OCc3c(F)c(F)c(F)c(F)c3F)ccc2C1=O. The number of Topliss-reactive ketones (excluding diaryl/α,β-unsaturated/α-hetero) is 1. The summed E-state index contributed by atoms with van der Waals surface area (Å²) in [5, 5.41) is 0. The molecule has 3 aromatic rings. The molecule has 0 saturated carbocycles. The quantitative estimate of drug-likeness (QED) is 0.179. The summed E-state index contributed by atoms with van der Waals surface area (Å²) < 4.78 is 94.5. The molecule has 0 radical (unpaired) electrons. The van der Waals surface area contributed by atoms with Gasteiger partial charge in [-0.05, 0) is 24.3 Å². The van der Waals surface area contributed by atoms with Crippen molar-refractivity contribution in [2.24, 2.45) is 0 Å². The molecule has 0 unspecified atom stereocenters. The highest BCUT2D eigenvalue weighted by Gasteiger charge is 2.29. The number of fused-ring (bicyclic) bond motifs is 1. The van der Waals surface area contributed by atoms with E-state index in [1.807, 2.05) is 0 Å². The minimum atomic E-state index is -2.26. The van der Waals surface area contributed by atoms with E-state index in [2.05, 4.69) is 0 Å². The molecule has 3 aromatic carbocycles. The van der Waals surface area contributed by atoms with Gasteiger partial charge in [-0.1, -0.05) is 0 Å². The molecule has 0 N–H and O–H groups in total. The molecule has 0 saturated heterocycles. The predicted octanol–water partition coefficient (Wildman–Crippen LogP) is 5.60. The lowest BCUT2D eigenvalue weighted by atomic mass is 10.1. The fourth-order valence-electron chi connectivity index (χ4n) is 3.50. The Balaban J connectivity index is 1.60. The van der Waals surface area contributed by atoms with Crippen molar-refractivity contribution < 1.29 is 50.4 Å². The summed E-state index contributed by atoms with van der Waals surface area (Å²) in [5.74, 6) is -9.71. The van der Waals surface area contributed by atoms with Gasteiger partial charge in [0.15, 0.2) is 40.5 Å². The molecule has 0 fully saturated rings. The van der Waals surface area contributed by atoms with Gasteiger partial charge in [-0.15, -0.1) is 0 Å². The van der Waals surface area contributed by atoms with Crippen LogP contribution in [-0.4, -0.2) is 27.1 Å². The van der Waals surface area contributed by atoms with Crippen LogP contribution in [0.3, 0.4) is 0 Å². The Morgan fingerprint density at radius 1 is 0.778 bits per heavy atom. The minimum Gasteiger partial charge on any atom is -0.496 e. The van der Waals surface area contributed by atoms with E-state index in [0.29, 0.717) is 22.8 Å². The third-order valence-electron chi connectivity index (χ3n) is 5.35. The zero-order chi connectivity index (χ0) is 26.1. The summed E-state index contributed by atoms with van der Waals surface area (Å²) in [6, 6.07) is 7.06. The Morgan fingerprint density at radius 3 is 1.97 bits per heavy atom. The van der Waals surface area contributed by atoms with Crippen LogP contribution < -0.4 is 23.7 Å². The molecule has 0 aliphatic carbocycles. The third-order valence-corrected chi connectivity index (χ3v) is 5.35. The number of allylic oxidation sites excluding steroid dienone is 1. The van der Waals surface area contributed by atoms with E-state index in [-0.39, 0.29) is 22.8 Å². The fourth-order valence-corrected chi connectivity index (χ4v) is 3.50. The van der Waals surface area contributed by atoms with Gasteiger partial charge in [-0.25, -0.2) is 22.0 Å². The number of hydrogen-bond donors (Lipinski definition) is 0. The van der Waals surface area contributed by atoms with Gasteiger partial charge >= 0.3 is 0 Å². The second-order valence-electron chi connectivity index (χ2n) is 7.38. The Kier molecular flexibility index (Phi) is 6.73. The first-order chi connectivity index (χ1) is 17.2. The molecule has 188 valence electrons. The maximum absolute atomic E-state index is 13.9. The molecule has 6 nitrogen and oxygen atoms in total. The predicted molar refractivity (Wildman–Crippen MR) is 116 cm³/mol. The van der Waals surface area contributed by atoms with Gasteiger partial charge in [0.1, 0.15) is 23.9 Å². The standard InChI is InChI=1S/C25H17F5O6/c1-32-15-9-18(34-3)17(33-2)6-11(15)7-19-25(31)13-5-4-12(8-16(13)36-19)35-10-14-20(26)22(28)24(30)23(29)21(14)27/h4-9H,10H2,1-3H3/b19-7-. The molecule has 1 aliphatic rings. The van der Waals surface area contributed by atoms with Crippen LogP contribution in [0.5, 0.6) is 28.7 Å². The molecular formula is C25H17F5O6. The highest BCUT2D eigenvalue weighted by Crippen LogP contribution is 2.39. The summed E-state index contributed by atoms with van der Waals surface area (Å²) >= 11 is 0. The largest absolute Gasteiger partial charge is 0.496 e. The van der Waals surface area contributed by atoms with Crippen LogP contribution in [0.2, 0.25) is 0 Å². The normalized spacial score (nSPS) is 13.4. The second-order valence-corrected chi connectivity index (χ2v) is 7.38. The van der Waals surface area contributed by atoms with Crippen molar-refractivity contribution in [3.63, 3.8) is 0 Å². The summed E-state index contributed by atoms with van der Waals surface area (Å²) in [4.78, 5) is 12.8. The number of ether oxygens (including phenoxy) is 5. The number of halogens is 5. The van der Waals surface area contributed by atoms with Crippen LogP contribution in [0.4, 0.5) is 22.0 Å². The Hall–Kier alpha value is -4.28. The average Bonchev–Trinajstić information content (AvgIpc) is 3.20. The molecule has 0 aromatic heterocycles. The van der Waals surface area contributed by atoms with Crippen LogP contribution in [0.1, 0.15) is 21.5 Å². The molecular weight excluding hydrogens is 491 g/mol. The molecule has 1 aliphatic heterocycles. The summed E-state index contributed by atoms with van der Waals surface area (Å²) in [5.41, 5.74) is -0.511. The van der Waals surface area contributed by atoms with Gasteiger partial charge in [0, 0.05) is 17.7 Å². The Bertz CT molecular complexity index is 1370. The minimum absolute atomic E-state index is 0.0320. The summed E-state index contributed by atoms with van der Waals surface area (Å²) in [7, 11) is 4.34. The van der Waals surface area contributed by atoms with E-state index in [4.69, 9.17) is 23.7 Å². The second kappa shape index (κ2) is 9.76. The topological polar surface area (TPSA) is 63.2 Å². The monoisotopic (exact) mass is 508 g/mol. The molecule has 0 spiro atoms. The van der Waals surface area contributed by atoms with Gasteiger partial charge in [0.25, 0.3) is 0 Å². The lowest BCUT2D eigenvalue weighted by molar-refractivity contribution is 0.101. The molecule has 0 amide bonds. The van der Waals surface area contributed by atoms with E-state index in [9.17, 15) is 26.7 Å². The Labute approximate surface area is 201 Å². The first-order valence-corrected chi connectivity index (χ1v) is 10.2. The highest BCUT2D eigenvalue weighted by molar-refractivity contribution is 6.14. The van der Waals surface area contributed by atoms with Crippen molar-refractivity contribution in [1.29, 1.82) is 0 Å². The smallest absolute Gasteiger partial charge is 0.231 e. The van der Waals surface area contributed by atoms with E-state index in [1.54, 1.807) is 12.1 Å². The van der Waals surface area contributed by atoms with E-state index in [0.717, 1.165) is 0 Å². The lowest BCUT2D eigenvalue weighted by Gasteiger charge is -2.12. The third kappa shape index (κ3) is 4.28. The van der Waals surface area contributed by atoms with Gasteiger partial charge < -0.3 is 23.7 Å². The van der Waals surface area contributed by atoms with Crippen molar-refractivity contribution in [3.05, 3.63) is 81.9 Å². The first-order valence-electron chi connectivity index (χ1n) is 10.2. The van der Waals surface area contributed by atoms with Gasteiger partial charge in [-0.2, -0.15) is 0 Å². The molecule has 0 atom stereocenters. The molecule has 11 heteroatoms. The van der Waals surface area contributed by atoms with Crippen molar-refractivity contribution in [1.82, 2.24) is 0 Å². The molecule has 4 rings (SSSR count). The average molecular weight is 508 g/mol. The maximum Gasteiger partial charge on any atom is 0.231 e. The zero-order valence-electron chi connectivity index (χ0n) is 19.0. The molecule has 1 heterocycles. The number of benzene rings is 3. The molecule has 0 bridgehead atoms. The first kappa shape index (κ1) is 24.8. The number of rotatable bonds is 7. The van der Waals surface area contributed by atoms with Crippen LogP contribution in [-0.2, 0) is 6.61 Å². The van der Waals surface area contributed by atoms with Crippen LogP contribution >= 0.6 is 0 Å². The van der Waals surface area contributed by atoms with E-state index < -0.39 is 47.0 Å². The zero-order valence-corrected chi connectivity index (χ0v) is 19.0. The van der Waals surface area contributed by atoms with Gasteiger partial charge in [0.2, 0.25) is 11.6 Å². The van der Waals surface area contributed by atoms with E-state index in [1.165, 1.54) is 45.6 Å². The number of carbonyl (C=O) groups is 1. The van der Waals surface area contributed by atoms with Crippen molar-refractivity contribution >= 4 is 11.9 Å². The van der Waals surface area contributed by atoms with Crippen LogP contribution in [0, 0.1) is 29.1 Å². The number of methoxy groups -OCH3 is 3. The van der Waals surface area contributed by atoms with Gasteiger partial charge in [-0.3, -0.25) is 4.79 Å². The lowest BCUT2D eigenvalue weighted by Crippen LogP contribution is -2.09. The molecule has 36 heavy (non-hydrogen) atoms. The van der Waals surface area contributed by atoms with Crippen molar-refractivity contribution in [2.45, 2.75) is 6.61 Å². The number of carbonyl (C=O) groups excluding carboxylic acids is 1. The van der Waals surface area contributed by atoms with Crippen molar-refractivity contribution in [2.75, 3.05) is 21.3 Å². The summed E-state index contributed by atoms with van der Waals surface area (Å²) in [6.07, 6.45) is 1.43. The summed E-state index contributed by atoms with van der Waals surface area (Å²) in [6.45, 7) is -0.954. The van der Waals surface area contributed by atoms with Crippen LogP contribution in [0.15, 0.2) is 36.1 Å². The van der Waals surface area contributed by atoms with Crippen molar-refractivity contribution in [3.8, 4) is 28.7 Å². The van der Waals surface area contributed by atoms with Crippen LogP contribution in [0.25, 0.3) is 6.08 Å². The Morgan fingerprint density at radius 2 is 1.36 bits per heavy atom. The van der Waals surface area contributed by atoms with E-state index >= 15 is 0 Å². The number of ketones is 1. The van der Waals surface area contributed by atoms with Gasteiger partial charge in [0.05, 0.1) is 32.5 Å². The number of hydrogen-bond acceptors (Lipinski definition) is 6. The maximum atomic E-state index is 13.9. The highest BCUT2D eigenvalue weighted by atomic mass is 19.2. The fraction of sp³-hybridized carbons (Fsp3) is 0.160.